The van der Waals surface area contributed by atoms with Gasteiger partial charge in [-0.3, -0.25) is 10.4 Å². The predicted molar refractivity (Wildman–Crippen MR) is 276 cm³/mol. The Balaban J connectivity index is 1.27. The number of nitrogens with zero attached hydrogens (tertiary/aromatic N) is 1. The van der Waals surface area contributed by atoms with E-state index in [9.17, 15) is 5.41 Å². The molecular weight excluding hydrogens is 789 g/mol. The lowest BCUT2D eigenvalue weighted by Gasteiger charge is -2.39. The third-order valence-corrected chi connectivity index (χ3v) is 17.7. The van der Waals surface area contributed by atoms with Crippen molar-refractivity contribution in [3.05, 3.63) is 104 Å². The topological polar surface area (TPSA) is 36.2 Å². The molecule has 0 radical (unpaired) electrons. The van der Waals surface area contributed by atoms with E-state index in [1.807, 2.05) is 22.7 Å². The van der Waals surface area contributed by atoms with Crippen LogP contribution in [0.3, 0.4) is 0 Å². The molecule has 2 atom stereocenters. The van der Waals surface area contributed by atoms with Gasteiger partial charge in [-0.25, -0.2) is 0 Å². The average Bonchev–Trinajstić information content (AvgIpc) is 4.03. The molecule has 2 nitrogen and oxygen atoms in total. The molecule has 0 bridgehead atoms. The lowest BCUT2D eigenvalue weighted by atomic mass is 9.64. The molecule has 328 valence electrons. The van der Waals surface area contributed by atoms with Crippen molar-refractivity contribution in [3.63, 3.8) is 0 Å². The first kappa shape index (κ1) is 45.0. The van der Waals surface area contributed by atoms with E-state index in [2.05, 4.69) is 135 Å². The highest BCUT2D eigenvalue weighted by Crippen LogP contribution is 2.58. The van der Waals surface area contributed by atoms with E-state index in [0.29, 0.717) is 23.5 Å². The minimum absolute atomic E-state index is 0.0132. The second kappa shape index (κ2) is 18.9. The molecule has 0 amide bonds. The molecule has 2 heterocycles. The van der Waals surface area contributed by atoms with Crippen molar-refractivity contribution in [1.29, 1.82) is 5.41 Å². The molecule has 0 saturated heterocycles. The van der Waals surface area contributed by atoms with Gasteiger partial charge in [-0.2, -0.15) is 0 Å². The largest absolute Gasteiger partial charge is 0.298 e. The van der Waals surface area contributed by atoms with Crippen molar-refractivity contribution in [2.45, 2.75) is 181 Å². The monoisotopic (exact) mass is 863 g/mol. The summed E-state index contributed by atoms with van der Waals surface area (Å²) < 4.78 is 0. The fourth-order valence-corrected chi connectivity index (χ4v) is 13.3. The summed E-state index contributed by atoms with van der Waals surface area (Å²) in [7, 11) is 0. The smallest absolute Gasteiger partial charge is 0.0920 e. The lowest BCUT2D eigenvalue weighted by Crippen LogP contribution is -2.32. The van der Waals surface area contributed by atoms with E-state index in [-0.39, 0.29) is 16.9 Å². The van der Waals surface area contributed by atoms with Gasteiger partial charge in [0.2, 0.25) is 0 Å². The van der Waals surface area contributed by atoms with E-state index < -0.39 is 0 Å². The molecule has 62 heavy (non-hydrogen) atoms. The maximum atomic E-state index is 9.76. The molecule has 2 aromatic heterocycles. The normalized spacial score (nSPS) is 20.0. The highest BCUT2D eigenvalue weighted by atomic mass is 32.1. The fourth-order valence-electron chi connectivity index (χ4n) is 11.2. The molecular formula is C58H74N2S2. The Morgan fingerprint density at radius 1 is 0.694 bits per heavy atom. The number of benzene rings is 3. The maximum Gasteiger partial charge on any atom is 0.0920 e. The molecule has 4 heteroatoms. The first-order chi connectivity index (χ1) is 29.9. The Hall–Kier alpha value is -3.60. The predicted octanol–water partition coefficient (Wildman–Crippen LogP) is 18.3. The summed E-state index contributed by atoms with van der Waals surface area (Å²) >= 11 is 3.73. The molecule has 3 aliphatic rings. The molecule has 5 aromatic rings. The van der Waals surface area contributed by atoms with Gasteiger partial charge in [-0.1, -0.05) is 169 Å². The maximum absolute atomic E-state index is 9.76. The SMILES string of the molecule is CCCCC(CC)CC1(CC(CC)CCCC)c2cc(-c3ccc(C4=CC=C(c5ccc(C(C)(C)C)s5)C(=N)C4=NC4CCCCC4)s3)cc3ccc4cc(C(C)C)cc1c4c23. The van der Waals surface area contributed by atoms with Gasteiger partial charge in [0.25, 0.3) is 0 Å². The van der Waals surface area contributed by atoms with Crippen LogP contribution in [-0.4, -0.2) is 17.5 Å². The van der Waals surface area contributed by atoms with E-state index in [1.165, 1.54) is 136 Å². The van der Waals surface area contributed by atoms with Crippen molar-refractivity contribution < 1.29 is 0 Å². The molecule has 1 N–H and O–H groups in total. The third kappa shape index (κ3) is 8.78. The third-order valence-electron chi connectivity index (χ3n) is 14.9. The zero-order chi connectivity index (χ0) is 43.8. The second-order valence-corrected chi connectivity index (χ2v) is 22.9. The molecule has 3 aliphatic carbocycles. The minimum atomic E-state index is -0.0132. The van der Waals surface area contributed by atoms with Crippen LogP contribution in [0, 0.1) is 17.2 Å². The Morgan fingerprint density at radius 3 is 1.87 bits per heavy atom. The summed E-state index contributed by atoms with van der Waals surface area (Å²) in [5, 5.41) is 15.6. The van der Waals surface area contributed by atoms with Crippen LogP contribution in [-0.2, 0) is 10.8 Å². The van der Waals surface area contributed by atoms with Gasteiger partial charge in [0.05, 0.1) is 17.5 Å². The Kier molecular flexibility index (Phi) is 13.7. The van der Waals surface area contributed by atoms with E-state index in [0.717, 1.165) is 29.7 Å². The molecule has 2 unspecified atom stereocenters. The summed E-state index contributed by atoms with van der Waals surface area (Å²) in [6.07, 6.45) is 23.2. The quantitative estimate of drug-likeness (QED) is 0.0714. The van der Waals surface area contributed by atoms with Crippen LogP contribution in [0.15, 0.2) is 77.8 Å². The highest BCUT2D eigenvalue weighted by Gasteiger charge is 2.45. The number of hydrogen-bond acceptors (Lipinski definition) is 4. The number of nitrogens with one attached hydrogen (secondary N) is 1. The summed E-state index contributed by atoms with van der Waals surface area (Å²) in [5.41, 5.74) is 9.72. The highest BCUT2D eigenvalue weighted by molar-refractivity contribution is 7.17. The number of hydrogen-bond donors (Lipinski definition) is 1. The number of unbranched alkanes of at least 4 members (excludes halogenated alkanes) is 2. The van der Waals surface area contributed by atoms with Gasteiger partial charge in [0.15, 0.2) is 0 Å². The minimum Gasteiger partial charge on any atom is -0.298 e. The van der Waals surface area contributed by atoms with Gasteiger partial charge >= 0.3 is 0 Å². The summed E-state index contributed by atoms with van der Waals surface area (Å²) in [6, 6.07) is 24.7. The van der Waals surface area contributed by atoms with Crippen molar-refractivity contribution in [2.75, 3.05) is 0 Å². The zero-order valence-electron chi connectivity index (χ0n) is 39.6. The van der Waals surface area contributed by atoms with Crippen molar-refractivity contribution in [3.8, 4) is 10.4 Å². The molecule has 8 rings (SSSR count). The van der Waals surface area contributed by atoms with Gasteiger partial charge in [-0.15, -0.1) is 22.7 Å². The number of aliphatic imine (C=N–C) groups is 1. The number of thiophene rings is 2. The van der Waals surface area contributed by atoms with E-state index >= 15 is 0 Å². The van der Waals surface area contributed by atoms with Crippen LogP contribution in [0.25, 0.3) is 43.1 Å². The Morgan fingerprint density at radius 2 is 1.27 bits per heavy atom. The molecule has 0 aliphatic heterocycles. The van der Waals surface area contributed by atoms with Crippen molar-refractivity contribution in [2.24, 2.45) is 16.8 Å². The summed E-state index contributed by atoms with van der Waals surface area (Å²) in [4.78, 5) is 10.5. The summed E-state index contributed by atoms with van der Waals surface area (Å²) in [5.74, 6) is 1.87. The average molecular weight is 863 g/mol. The van der Waals surface area contributed by atoms with Crippen LogP contribution in [0.1, 0.15) is 196 Å². The van der Waals surface area contributed by atoms with Crippen LogP contribution in [0.5, 0.6) is 0 Å². The van der Waals surface area contributed by atoms with E-state index in [1.54, 1.807) is 11.1 Å². The van der Waals surface area contributed by atoms with Crippen molar-refractivity contribution >= 4 is 66.8 Å². The van der Waals surface area contributed by atoms with Gasteiger partial charge in [0, 0.05) is 36.1 Å². The number of rotatable bonds is 17. The van der Waals surface area contributed by atoms with Crippen molar-refractivity contribution in [1.82, 2.24) is 0 Å². The van der Waals surface area contributed by atoms with Gasteiger partial charge in [0.1, 0.15) is 0 Å². The van der Waals surface area contributed by atoms with Gasteiger partial charge in [-0.05, 0) is 129 Å². The van der Waals surface area contributed by atoms with Gasteiger partial charge < -0.3 is 0 Å². The Labute approximate surface area is 383 Å². The lowest BCUT2D eigenvalue weighted by molar-refractivity contribution is 0.266. The first-order valence-electron chi connectivity index (χ1n) is 24.7. The second-order valence-electron chi connectivity index (χ2n) is 20.7. The summed E-state index contributed by atoms with van der Waals surface area (Å²) in [6.45, 7) is 21.2. The molecule has 1 fully saturated rings. The van der Waals surface area contributed by atoms with Crippen LogP contribution in [0.4, 0.5) is 0 Å². The standard InChI is InChI=1S/C58H74N2S2/c1-10-14-19-38(12-3)35-58(36-39(13-4)20-15-11-2)47-33-42(37(5)6)31-40-23-24-41-32-43(34-48(58)54(41)53(40)47)49-27-28-51(61-49)46-26-25-45(50-29-30-52(62-50)57(7,8)9)55(59)56(46)60-44-21-17-16-18-22-44/h23-34,37-39,44,59H,10-22,35-36H2,1-9H3. The molecule has 3 aromatic carbocycles. The molecule has 1 saturated carbocycles. The van der Waals surface area contributed by atoms with E-state index in [4.69, 9.17) is 4.99 Å². The number of allylic oxidation sites excluding steroid dienone is 4. The zero-order valence-corrected chi connectivity index (χ0v) is 41.2. The van der Waals surface area contributed by atoms with Crippen LogP contribution < -0.4 is 0 Å². The first-order valence-corrected chi connectivity index (χ1v) is 26.4. The van der Waals surface area contributed by atoms with Crippen LogP contribution >= 0.6 is 22.7 Å². The fraction of sp³-hybridized carbons (Fsp3) is 0.517. The Bertz CT molecular complexity index is 2480. The molecule has 0 spiro atoms. The van der Waals surface area contributed by atoms with Crippen LogP contribution in [0.2, 0.25) is 0 Å².